The number of halogens is 2. The number of hydrogen-bond donors (Lipinski definition) is 0. The Morgan fingerprint density at radius 3 is 2.56 bits per heavy atom. The van der Waals surface area contributed by atoms with E-state index in [9.17, 15) is 9.18 Å². The molecular formula is C28H26ClFN4O2. The third kappa shape index (κ3) is 4.32. The van der Waals surface area contributed by atoms with Gasteiger partial charge in [-0.05, 0) is 54.5 Å². The van der Waals surface area contributed by atoms with Crippen LogP contribution in [0.1, 0.15) is 19.3 Å². The fourth-order valence-electron chi connectivity index (χ4n) is 5.07. The van der Waals surface area contributed by atoms with E-state index in [1.54, 1.807) is 12.3 Å². The van der Waals surface area contributed by atoms with Crippen LogP contribution >= 0.6 is 11.6 Å². The summed E-state index contributed by atoms with van der Waals surface area (Å²) in [5.41, 5.74) is 4.12. The maximum atomic E-state index is 14.2. The zero-order valence-corrected chi connectivity index (χ0v) is 20.7. The van der Waals surface area contributed by atoms with E-state index in [2.05, 4.69) is 9.55 Å². The minimum Gasteiger partial charge on any atom is -0.494 e. The van der Waals surface area contributed by atoms with Crippen LogP contribution in [0.2, 0.25) is 5.02 Å². The van der Waals surface area contributed by atoms with E-state index in [4.69, 9.17) is 21.3 Å². The van der Waals surface area contributed by atoms with Crippen LogP contribution < -0.4 is 4.74 Å². The first-order chi connectivity index (χ1) is 17.5. The Bertz CT molecular complexity index is 1450. The number of imidazole rings is 1. The number of fused-ring (bicyclic) bond motifs is 1. The standard InChI is InChI=1S/C28H26ClFN4O2/c1-36-25-9-8-21(12-23(25)30)18-2-4-19(5-3-18)26-32-24-13-22(29)14-31-27(24)34(26)16-17-10-11-33(15-17)28(35)20-6-7-20/h2-5,8-9,12-14,17,20H,6-7,10-11,15-16H2,1H3. The maximum absolute atomic E-state index is 14.2. The van der Waals surface area contributed by atoms with Crippen molar-refractivity contribution in [1.29, 1.82) is 0 Å². The Morgan fingerprint density at radius 1 is 1.08 bits per heavy atom. The minimum atomic E-state index is -0.394. The number of pyridine rings is 1. The van der Waals surface area contributed by atoms with Crippen molar-refractivity contribution in [1.82, 2.24) is 19.4 Å². The van der Waals surface area contributed by atoms with Crippen molar-refractivity contribution in [3.63, 3.8) is 0 Å². The first kappa shape index (κ1) is 23.0. The summed E-state index contributed by atoms with van der Waals surface area (Å²) in [5.74, 6) is 1.52. The van der Waals surface area contributed by atoms with Crippen molar-refractivity contribution in [3.8, 4) is 28.3 Å². The highest BCUT2D eigenvalue weighted by Gasteiger charge is 2.37. The summed E-state index contributed by atoms with van der Waals surface area (Å²) in [6.07, 6.45) is 4.66. The van der Waals surface area contributed by atoms with Crippen molar-refractivity contribution >= 4 is 28.7 Å². The molecule has 2 fully saturated rings. The number of carbonyl (C=O) groups excluding carboxylic acids is 1. The number of aromatic nitrogens is 3. The Hall–Kier alpha value is -3.45. The molecule has 3 heterocycles. The van der Waals surface area contributed by atoms with Gasteiger partial charge < -0.3 is 14.2 Å². The lowest BCUT2D eigenvalue weighted by molar-refractivity contribution is -0.131. The summed E-state index contributed by atoms with van der Waals surface area (Å²) >= 11 is 6.21. The number of hydrogen-bond acceptors (Lipinski definition) is 4. The molecule has 184 valence electrons. The van der Waals surface area contributed by atoms with E-state index < -0.39 is 5.82 Å². The molecule has 6 rings (SSSR count). The second kappa shape index (κ2) is 9.21. The summed E-state index contributed by atoms with van der Waals surface area (Å²) in [6, 6.07) is 14.7. The highest BCUT2D eigenvalue weighted by molar-refractivity contribution is 6.31. The molecule has 1 aliphatic carbocycles. The second-order valence-electron chi connectivity index (χ2n) is 9.68. The van der Waals surface area contributed by atoms with Gasteiger partial charge in [-0.15, -0.1) is 0 Å². The fraction of sp³-hybridized carbons (Fsp3) is 0.321. The lowest BCUT2D eigenvalue weighted by atomic mass is 10.0. The zero-order valence-electron chi connectivity index (χ0n) is 20.0. The SMILES string of the molecule is COc1ccc(-c2ccc(-c3nc4cc(Cl)cnc4n3CC3CCN(C(=O)C4CC4)C3)cc2)cc1F. The van der Waals surface area contributed by atoms with Crippen LogP contribution in [-0.4, -0.2) is 45.5 Å². The van der Waals surface area contributed by atoms with Crippen LogP contribution in [0.5, 0.6) is 5.75 Å². The molecule has 0 radical (unpaired) electrons. The molecule has 0 spiro atoms. The third-order valence-corrected chi connectivity index (χ3v) is 7.35. The molecule has 1 unspecified atom stereocenters. The van der Waals surface area contributed by atoms with Gasteiger partial charge in [0.05, 0.1) is 12.1 Å². The summed E-state index contributed by atoms with van der Waals surface area (Å²) in [4.78, 5) is 24.0. The van der Waals surface area contributed by atoms with Crippen LogP contribution in [0.4, 0.5) is 4.39 Å². The smallest absolute Gasteiger partial charge is 0.225 e. The first-order valence-electron chi connectivity index (χ1n) is 12.2. The van der Waals surface area contributed by atoms with Gasteiger partial charge in [0, 0.05) is 37.3 Å². The average molecular weight is 505 g/mol. The van der Waals surface area contributed by atoms with E-state index in [0.29, 0.717) is 16.8 Å². The fourth-order valence-corrected chi connectivity index (χ4v) is 5.22. The Kier molecular flexibility index (Phi) is 5.88. The van der Waals surface area contributed by atoms with Gasteiger partial charge >= 0.3 is 0 Å². The number of amides is 1. The van der Waals surface area contributed by atoms with Gasteiger partial charge in [0.15, 0.2) is 17.2 Å². The number of methoxy groups -OCH3 is 1. The van der Waals surface area contributed by atoms with Crippen molar-refractivity contribution in [2.75, 3.05) is 20.2 Å². The maximum Gasteiger partial charge on any atom is 0.225 e. The molecule has 1 atom stereocenters. The zero-order chi connectivity index (χ0) is 24.8. The molecule has 36 heavy (non-hydrogen) atoms. The minimum absolute atomic E-state index is 0.222. The van der Waals surface area contributed by atoms with Crippen molar-refractivity contribution in [3.05, 3.63) is 65.6 Å². The molecule has 1 aliphatic heterocycles. The number of nitrogens with zero attached hydrogens (tertiary/aromatic N) is 4. The molecule has 1 saturated carbocycles. The summed E-state index contributed by atoms with van der Waals surface area (Å²) in [5, 5.41) is 0.539. The number of carbonyl (C=O) groups is 1. The molecule has 2 aromatic carbocycles. The predicted octanol–water partition coefficient (Wildman–Crippen LogP) is 5.82. The van der Waals surface area contributed by atoms with E-state index >= 15 is 0 Å². The lowest BCUT2D eigenvalue weighted by Gasteiger charge is -2.17. The normalized spacial score (nSPS) is 17.6. The van der Waals surface area contributed by atoms with Crippen LogP contribution in [0.15, 0.2) is 54.7 Å². The van der Waals surface area contributed by atoms with Crippen LogP contribution in [0, 0.1) is 17.7 Å². The topological polar surface area (TPSA) is 60.3 Å². The highest BCUT2D eigenvalue weighted by Crippen LogP contribution is 2.34. The molecule has 8 heteroatoms. The molecule has 1 saturated heterocycles. The van der Waals surface area contributed by atoms with Crippen LogP contribution in [0.25, 0.3) is 33.7 Å². The predicted molar refractivity (Wildman–Crippen MR) is 137 cm³/mol. The van der Waals surface area contributed by atoms with Crippen molar-refractivity contribution < 1.29 is 13.9 Å². The van der Waals surface area contributed by atoms with Gasteiger partial charge in [-0.1, -0.05) is 41.9 Å². The second-order valence-corrected chi connectivity index (χ2v) is 10.1. The van der Waals surface area contributed by atoms with E-state index in [1.807, 2.05) is 41.3 Å². The van der Waals surface area contributed by atoms with Gasteiger partial charge in [0.1, 0.15) is 11.3 Å². The van der Waals surface area contributed by atoms with Crippen molar-refractivity contribution in [2.45, 2.75) is 25.8 Å². The van der Waals surface area contributed by atoms with Gasteiger partial charge in [0.25, 0.3) is 0 Å². The summed E-state index contributed by atoms with van der Waals surface area (Å²) in [6.45, 7) is 2.30. The third-order valence-electron chi connectivity index (χ3n) is 7.14. The quantitative estimate of drug-likeness (QED) is 0.332. The van der Waals surface area contributed by atoms with E-state index in [0.717, 1.165) is 72.6 Å². The first-order valence-corrected chi connectivity index (χ1v) is 12.6. The van der Waals surface area contributed by atoms with Gasteiger partial charge in [-0.25, -0.2) is 14.4 Å². The number of likely N-dealkylation sites (tertiary alicyclic amines) is 1. The molecular weight excluding hydrogens is 479 g/mol. The summed E-state index contributed by atoms with van der Waals surface area (Å²) in [7, 11) is 1.45. The average Bonchev–Trinajstić information content (AvgIpc) is 3.54. The number of ether oxygens (including phenoxy) is 1. The highest BCUT2D eigenvalue weighted by atomic mass is 35.5. The van der Waals surface area contributed by atoms with Crippen LogP contribution in [-0.2, 0) is 11.3 Å². The molecule has 0 N–H and O–H groups in total. The van der Waals surface area contributed by atoms with E-state index in [1.165, 1.54) is 13.2 Å². The molecule has 2 aromatic heterocycles. The molecule has 0 bridgehead atoms. The summed E-state index contributed by atoms with van der Waals surface area (Å²) < 4.78 is 21.4. The number of rotatable bonds is 6. The van der Waals surface area contributed by atoms with Crippen molar-refractivity contribution in [2.24, 2.45) is 11.8 Å². The monoisotopic (exact) mass is 504 g/mol. The van der Waals surface area contributed by atoms with Crippen LogP contribution in [0.3, 0.4) is 0 Å². The molecule has 4 aromatic rings. The van der Waals surface area contributed by atoms with Gasteiger partial charge in [-0.2, -0.15) is 0 Å². The van der Waals surface area contributed by atoms with Gasteiger partial charge in [0.2, 0.25) is 5.91 Å². The Labute approximate surface area is 213 Å². The molecule has 2 aliphatic rings. The van der Waals surface area contributed by atoms with Gasteiger partial charge in [-0.3, -0.25) is 4.79 Å². The molecule has 1 amide bonds. The lowest BCUT2D eigenvalue weighted by Crippen LogP contribution is -2.30. The largest absolute Gasteiger partial charge is 0.494 e. The van der Waals surface area contributed by atoms with E-state index in [-0.39, 0.29) is 11.7 Å². The Balaban J connectivity index is 1.31. The Morgan fingerprint density at radius 2 is 1.83 bits per heavy atom. The number of benzene rings is 2. The molecule has 6 nitrogen and oxygen atoms in total.